The third kappa shape index (κ3) is 5.41. The number of rotatable bonds is 4. The maximum Gasteiger partial charge on any atom is 0.414 e. The number of aryl methyl sites for hydroxylation is 1. The molecule has 1 aromatic heterocycles. The second-order valence-corrected chi connectivity index (χ2v) is 5.95. The molecule has 0 unspecified atom stereocenters. The molecule has 0 fully saturated rings. The van der Waals surface area contributed by atoms with Crippen LogP contribution in [0.5, 0.6) is 0 Å². The van der Waals surface area contributed by atoms with Crippen molar-refractivity contribution >= 4 is 17.9 Å². The molecule has 0 atom stereocenters. The van der Waals surface area contributed by atoms with Crippen molar-refractivity contribution < 1.29 is 24.2 Å². The van der Waals surface area contributed by atoms with Crippen molar-refractivity contribution in [2.75, 3.05) is 5.32 Å². The highest BCUT2D eigenvalue weighted by atomic mass is 19.1. The summed E-state index contributed by atoms with van der Waals surface area (Å²) in [7, 11) is 1.95. The fourth-order valence-electron chi connectivity index (χ4n) is 2.38. The highest BCUT2D eigenvalue weighted by molar-refractivity contribution is 6.27. The second kappa shape index (κ2) is 9.31. The van der Waals surface area contributed by atoms with Crippen LogP contribution in [0, 0.1) is 12.7 Å². The minimum absolute atomic E-state index is 0.206. The number of imidazole rings is 1. The molecule has 0 aliphatic rings. The number of hydrogen-bond acceptors (Lipinski definition) is 4. The number of nitrogens with one attached hydrogen (secondary N) is 1. The van der Waals surface area contributed by atoms with E-state index in [2.05, 4.69) is 41.5 Å². The molecule has 3 N–H and O–H groups in total. The third-order valence-electron chi connectivity index (χ3n) is 3.91. The Morgan fingerprint density at radius 1 is 1.07 bits per heavy atom. The van der Waals surface area contributed by atoms with Crippen LogP contribution in [0.15, 0.2) is 54.7 Å². The topological polar surface area (TPSA) is 104 Å². The number of carbonyl (C=O) groups is 2. The Hall–Kier alpha value is -3.68. The van der Waals surface area contributed by atoms with Crippen LogP contribution < -0.4 is 5.32 Å². The Labute approximate surface area is 161 Å². The van der Waals surface area contributed by atoms with Crippen molar-refractivity contribution in [3.63, 3.8) is 0 Å². The largest absolute Gasteiger partial charge is 0.473 e. The van der Waals surface area contributed by atoms with Gasteiger partial charge in [0.05, 0.1) is 11.9 Å². The minimum Gasteiger partial charge on any atom is -0.473 e. The van der Waals surface area contributed by atoms with Crippen molar-refractivity contribution in [1.29, 1.82) is 0 Å². The van der Waals surface area contributed by atoms with E-state index < -0.39 is 11.9 Å². The molecule has 2 aromatic carbocycles. The number of nitrogens with zero attached hydrogens (tertiary/aromatic N) is 2. The summed E-state index contributed by atoms with van der Waals surface area (Å²) in [6.45, 7) is 2.47. The van der Waals surface area contributed by atoms with Gasteiger partial charge in [-0.05, 0) is 18.6 Å². The van der Waals surface area contributed by atoms with Crippen LogP contribution in [-0.2, 0) is 23.2 Å². The Morgan fingerprint density at radius 2 is 1.68 bits per heavy atom. The number of anilines is 1. The van der Waals surface area contributed by atoms with E-state index in [1.807, 2.05) is 23.9 Å². The van der Waals surface area contributed by atoms with E-state index >= 15 is 0 Å². The van der Waals surface area contributed by atoms with E-state index in [-0.39, 0.29) is 5.82 Å². The van der Waals surface area contributed by atoms with Crippen molar-refractivity contribution in [3.8, 4) is 11.3 Å². The lowest BCUT2D eigenvalue weighted by Crippen LogP contribution is -2.09. The van der Waals surface area contributed by atoms with E-state index in [9.17, 15) is 4.39 Å². The Balaban J connectivity index is 0.000000409. The first-order valence-electron chi connectivity index (χ1n) is 8.32. The second-order valence-electron chi connectivity index (χ2n) is 5.95. The molecular formula is C20H20FN3O4. The van der Waals surface area contributed by atoms with Gasteiger partial charge in [0.1, 0.15) is 5.82 Å². The first-order valence-corrected chi connectivity index (χ1v) is 8.32. The molecule has 8 heteroatoms. The lowest BCUT2D eigenvalue weighted by Gasteiger charge is -2.09. The van der Waals surface area contributed by atoms with Gasteiger partial charge in [0.15, 0.2) is 0 Å². The minimum atomic E-state index is -1.82. The van der Waals surface area contributed by atoms with Crippen LogP contribution in [-0.4, -0.2) is 31.7 Å². The molecule has 0 amide bonds. The molecule has 0 aliphatic carbocycles. The molecule has 0 radical (unpaired) electrons. The summed E-state index contributed by atoms with van der Waals surface area (Å²) in [5, 5.41) is 18.0. The van der Waals surface area contributed by atoms with Crippen LogP contribution in [0.3, 0.4) is 0 Å². The van der Waals surface area contributed by atoms with Crippen LogP contribution in [0.1, 0.15) is 11.1 Å². The van der Waals surface area contributed by atoms with E-state index in [1.165, 1.54) is 11.6 Å². The lowest BCUT2D eigenvalue weighted by molar-refractivity contribution is -0.159. The fourth-order valence-corrected chi connectivity index (χ4v) is 2.38. The molecule has 3 rings (SSSR count). The molecule has 146 valence electrons. The van der Waals surface area contributed by atoms with Gasteiger partial charge < -0.3 is 20.1 Å². The zero-order valence-electron chi connectivity index (χ0n) is 15.4. The fraction of sp³-hybridized carbons (Fsp3) is 0.150. The maximum atomic E-state index is 13.6. The predicted molar refractivity (Wildman–Crippen MR) is 102 cm³/mol. The maximum absolute atomic E-state index is 13.6. The molecule has 3 aromatic rings. The number of hydrogen-bond donors (Lipinski definition) is 3. The molecular weight excluding hydrogens is 365 g/mol. The van der Waals surface area contributed by atoms with E-state index in [0.29, 0.717) is 12.1 Å². The Morgan fingerprint density at radius 3 is 2.25 bits per heavy atom. The SMILES string of the molecule is Cc1ccc(-c2cnc(NCc3ccccc3F)n2C)cc1.O=C(O)C(=O)O. The van der Waals surface area contributed by atoms with Crippen molar-refractivity contribution in [2.24, 2.45) is 7.05 Å². The summed E-state index contributed by atoms with van der Waals surface area (Å²) in [6, 6.07) is 15.1. The highest BCUT2D eigenvalue weighted by Crippen LogP contribution is 2.22. The van der Waals surface area contributed by atoms with Gasteiger partial charge in [-0.25, -0.2) is 19.0 Å². The summed E-state index contributed by atoms with van der Waals surface area (Å²) in [4.78, 5) is 22.6. The summed E-state index contributed by atoms with van der Waals surface area (Å²) in [6.07, 6.45) is 1.83. The van der Waals surface area contributed by atoms with Crippen LogP contribution in [0.25, 0.3) is 11.3 Å². The predicted octanol–water partition coefficient (Wildman–Crippen LogP) is 3.30. The average molecular weight is 385 g/mol. The Kier molecular flexibility index (Phi) is 6.86. The monoisotopic (exact) mass is 385 g/mol. The summed E-state index contributed by atoms with van der Waals surface area (Å²) < 4.78 is 15.6. The first-order chi connectivity index (χ1) is 13.3. The van der Waals surface area contributed by atoms with Gasteiger partial charge in [0.25, 0.3) is 0 Å². The third-order valence-corrected chi connectivity index (χ3v) is 3.91. The molecule has 7 nitrogen and oxygen atoms in total. The smallest absolute Gasteiger partial charge is 0.414 e. The summed E-state index contributed by atoms with van der Waals surface area (Å²) >= 11 is 0. The number of aromatic nitrogens is 2. The molecule has 0 saturated heterocycles. The van der Waals surface area contributed by atoms with Crippen molar-refractivity contribution in [1.82, 2.24) is 9.55 Å². The van der Waals surface area contributed by atoms with E-state index in [0.717, 1.165) is 17.2 Å². The number of carboxylic acids is 2. The van der Waals surface area contributed by atoms with Crippen molar-refractivity contribution in [3.05, 3.63) is 71.7 Å². The van der Waals surface area contributed by atoms with Gasteiger partial charge in [-0.15, -0.1) is 0 Å². The molecule has 0 saturated carbocycles. The summed E-state index contributed by atoms with van der Waals surface area (Å²) in [5.41, 5.74) is 3.99. The quantitative estimate of drug-likeness (QED) is 0.595. The van der Waals surface area contributed by atoms with Gasteiger partial charge in [-0.2, -0.15) is 0 Å². The molecule has 1 heterocycles. The van der Waals surface area contributed by atoms with Crippen LogP contribution in [0.2, 0.25) is 0 Å². The molecule has 0 bridgehead atoms. The molecule has 0 spiro atoms. The normalized spacial score (nSPS) is 9.96. The number of aliphatic carboxylic acids is 2. The first kappa shape index (κ1) is 20.6. The molecule has 28 heavy (non-hydrogen) atoms. The lowest BCUT2D eigenvalue weighted by atomic mass is 10.1. The van der Waals surface area contributed by atoms with Gasteiger partial charge >= 0.3 is 11.9 Å². The number of benzene rings is 2. The zero-order chi connectivity index (χ0) is 20.7. The van der Waals surface area contributed by atoms with Crippen molar-refractivity contribution in [2.45, 2.75) is 13.5 Å². The number of carboxylic acid groups (broad SMARTS) is 2. The summed E-state index contributed by atoms with van der Waals surface area (Å²) in [5.74, 6) is -3.13. The zero-order valence-corrected chi connectivity index (χ0v) is 15.4. The van der Waals surface area contributed by atoms with Gasteiger partial charge in [0.2, 0.25) is 5.95 Å². The van der Waals surface area contributed by atoms with Gasteiger partial charge in [-0.1, -0.05) is 48.0 Å². The molecule has 0 aliphatic heterocycles. The standard InChI is InChI=1S/C18H18FN3.C2H2O4/c1-13-7-9-14(10-8-13)17-12-21-18(22(17)2)20-11-15-5-3-4-6-16(15)19;3-1(4)2(5)6/h3-10,12H,11H2,1-2H3,(H,20,21);(H,3,4)(H,5,6). The van der Waals surface area contributed by atoms with E-state index in [1.54, 1.807) is 12.1 Å². The average Bonchev–Trinajstić information content (AvgIpc) is 3.03. The van der Waals surface area contributed by atoms with Crippen LogP contribution in [0.4, 0.5) is 10.3 Å². The van der Waals surface area contributed by atoms with E-state index in [4.69, 9.17) is 19.8 Å². The Bertz CT molecular complexity index is 956. The van der Waals surface area contributed by atoms with Gasteiger partial charge in [-0.3, -0.25) is 0 Å². The highest BCUT2D eigenvalue weighted by Gasteiger charge is 2.09. The van der Waals surface area contributed by atoms with Gasteiger partial charge in [0, 0.05) is 19.2 Å². The van der Waals surface area contributed by atoms with Crippen LogP contribution >= 0.6 is 0 Å². The number of halogens is 1.